The molecule has 0 spiro atoms. The number of rotatable bonds is 6. The lowest BCUT2D eigenvalue weighted by Crippen LogP contribution is -2.45. The summed E-state index contributed by atoms with van der Waals surface area (Å²) in [5, 5.41) is 8.74. The number of carbonyl (C=O) groups is 1. The maximum Gasteiger partial charge on any atom is 0.308 e. The molecule has 112 valence electrons. The summed E-state index contributed by atoms with van der Waals surface area (Å²) in [5.41, 5.74) is -0.579. The Hall–Kier alpha value is -1.18. The number of hydrogen-bond donors (Lipinski definition) is 1. The van der Waals surface area contributed by atoms with Gasteiger partial charge < -0.3 is 5.11 Å². The van der Waals surface area contributed by atoms with E-state index in [1.54, 1.807) is 26.8 Å². The molecule has 0 bridgehead atoms. The monoisotopic (exact) mass is 317 g/mol. The van der Waals surface area contributed by atoms with Crippen molar-refractivity contribution in [3.63, 3.8) is 0 Å². The molecule has 1 N–H and O–H groups in total. The highest BCUT2D eigenvalue weighted by Crippen LogP contribution is 2.29. The van der Waals surface area contributed by atoms with E-state index in [4.69, 9.17) is 5.11 Å². The predicted octanol–water partition coefficient (Wildman–Crippen LogP) is 2.35. The average Bonchev–Trinajstić information content (AvgIpc) is 2.72. The Labute approximate surface area is 123 Å². The van der Waals surface area contributed by atoms with Crippen LogP contribution in [0, 0.1) is 0 Å². The first kappa shape index (κ1) is 16.9. The second-order valence-corrected chi connectivity index (χ2v) is 8.54. The van der Waals surface area contributed by atoms with Crippen molar-refractivity contribution in [3.05, 3.63) is 29.7 Å². The molecular weight excluding hydrogens is 298 g/mol. The first-order valence-electron chi connectivity index (χ1n) is 6.03. The summed E-state index contributed by atoms with van der Waals surface area (Å²) in [6.45, 7) is 9.21. The quantitative estimate of drug-likeness (QED) is 0.817. The third-order valence-corrected chi connectivity index (χ3v) is 6.23. The van der Waals surface area contributed by atoms with Crippen LogP contribution in [0.5, 0.6) is 0 Å². The Morgan fingerprint density at radius 1 is 1.45 bits per heavy atom. The number of nitrogens with zero attached hydrogens (tertiary/aromatic N) is 1. The van der Waals surface area contributed by atoms with Crippen LogP contribution < -0.4 is 0 Å². The van der Waals surface area contributed by atoms with Gasteiger partial charge in [0.15, 0.2) is 0 Å². The zero-order valence-electron chi connectivity index (χ0n) is 11.8. The van der Waals surface area contributed by atoms with Gasteiger partial charge in [0, 0.05) is 17.0 Å². The number of carboxylic acids is 1. The van der Waals surface area contributed by atoms with Crippen molar-refractivity contribution in [1.29, 1.82) is 0 Å². The summed E-state index contributed by atoms with van der Waals surface area (Å²) >= 11 is 0.994. The molecule has 0 saturated carbocycles. The van der Waals surface area contributed by atoms with E-state index in [0.29, 0.717) is 4.88 Å². The Kier molecular flexibility index (Phi) is 5.12. The molecule has 0 aliphatic heterocycles. The van der Waals surface area contributed by atoms with Gasteiger partial charge in [-0.1, -0.05) is 6.08 Å². The van der Waals surface area contributed by atoms with E-state index in [1.807, 2.05) is 0 Å². The molecule has 0 aromatic carbocycles. The lowest BCUT2D eigenvalue weighted by Gasteiger charge is -2.33. The van der Waals surface area contributed by atoms with Gasteiger partial charge in [0.25, 0.3) is 10.0 Å². The molecule has 0 saturated heterocycles. The van der Waals surface area contributed by atoms with Crippen LogP contribution in [0.1, 0.15) is 25.6 Å². The summed E-state index contributed by atoms with van der Waals surface area (Å²) in [5.74, 6) is -0.977. The third kappa shape index (κ3) is 3.91. The molecule has 0 aliphatic rings. The number of carboxylic acid groups (broad SMARTS) is 1. The van der Waals surface area contributed by atoms with Gasteiger partial charge in [0.2, 0.25) is 0 Å². The summed E-state index contributed by atoms with van der Waals surface area (Å²) in [7, 11) is -3.65. The summed E-state index contributed by atoms with van der Waals surface area (Å²) in [4.78, 5) is 11.2. The van der Waals surface area contributed by atoms with Gasteiger partial charge in [0.05, 0.1) is 6.42 Å². The van der Waals surface area contributed by atoms with Crippen LogP contribution in [-0.2, 0) is 21.2 Å². The lowest BCUT2D eigenvalue weighted by molar-refractivity contribution is -0.136. The fourth-order valence-corrected chi connectivity index (χ4v) is 4.92. The van der Waals surface area contributed by atoms with Gasteiger partial charge in [-0.15, -0.1) is 17.9 Å². The SMILES string of the molecule is C=CCN(C(C)(C)C)S(=O)(=O)c1ccc(CC(=O)O)s1. The highest BCUT2D eigenvalue weighted by atomic mass is 32.2. The molecule has 0 atom stereocenters. The molecule has 1 aromatic rings. The van der Waals surface area contributed by atoms with Crippen LogP contribution in [0.2, 0.25) is 0 Å². The smallest absolute Gasteiger partial charge is 0.308 e. The van der Waals surface area contributed by atoms with Gasteiger partial charge in [-0.2, -0.15) is 4.31 Å². The van der Waals surface area contributed by atoms with Crippen LogP contribution in [0.15, 0.2) is 29.0 Å². The van der Waals surface area contributed by atoms with E-state index in [1.165, 1.54) is 16.4 Å². The van der Waals surface area contributed by atoms with Gasteiger partial charge >= 0.3 is 5.97 Å². The normalized spacial score (nSPS) is 12.6. The van der Waals surface area contributed by atoms with Crippen LogP contribution in [-0.4, -0.2) is 35.9 Å². The van der Waals surface area contributed by atoms with Gasteiger partial charge in [-0.25, -0.2) is 8.42 Å². The van der Waals surface area contributed by atoms with E-state index in [9.17, 15) is 13.2 Å². The van der Waals surface area contributed by atoms with Crippen LogP contribution in [0.25, 0.3) is 0 Å². The highest BCUT2D eigenvalue weighted by Gasteiger charge is 2.34. The van der Waals surface area contributed by atoms with Crippen LogP contribution >= 0.6 is 11.3 Å². The van der Waals surface area contributed by atoms with E-state index in [-0.39, 0.29) is 17.2 Å². The minimum Gasteiger partial charge on any atom is -0.481 e. The van der Waals surface area contributed by atoms with Crippen LogP contribution in [0.3, 0.4) is 0 Å². The molecule has 1 heterocycles. The van der Waals surface area contributed by atoms with E-state index in [2.05, 4.69) is 6.58 Å². The molecule has 1 rings (SSSR count). The van der Waals surface area contributed by atoms with Gasteiger partial charge in [-0.05, 0) is 32.9 Å². The number of thiophene rings is 1. The fourth-order valence-electron chi connectivity index (χ4n) is 1.70. The maximum atomic E-state index is 12.6. The lowest BCUT2D eigenvalue weighted by atomic mass is 10.1. The van der Waals surface area contributed by atoms with E-state index in [0.717, 1.165) is 11.3 Å². The second-order valence-electron chi connectivity index (χ2n) is 5.29. The van der Waals surface area contributed by atoms with E-state index >= 15 is 0 Å². The van der Waals surface area contributed by atoms with Crippen molar-refractivity contribution in [2.45, 2.75) is 36.9 Å². The van der Waals surface area contributed by atoms with Crippen molar-refractivity contribution in [1.82, 2.24) is 4.31 Å². The highest BCUT2D eigenvalue weighted by molar-refractivity contribution is 7.91. The summed E-state index contributed by atoms with van der Waals surface area (Å²) in [6, 6.07) is 3.00. The Bertz CT molecular complexity index is 596. The number of hydrogen-bond acceptors (Lipinski definition) is 4. The summed E-state index contributed by atoms with van der Waals surface area (Å²) in [6.07, 6.45) is 1.37. The number of aliphatic carboxylic acids is 1. The second kappa shape index (κ2) is 6.07. The zero-order valence-corrected chi connectivity index (χ0v) is 13.4. The average molecular weight is 317 g/mol. The number of sulfonamides is 1. The molecule has 20 heavy (non-hydrogen) atoms. The van der Waals surface area contributed by atoms with Crippen molar-refractivity contribution in [3.8, 4) is 0 Å². The molecule has 0 amide bonds. The predicted molar refractivity (Wildman–Crippen MR) is 79.5 cm³/mol. The van der Waals surface area contributed by atoms with Crippen molar-refractivity contribution in [2.24, 2.45) is 0 Å². The van der Waals surface area contributed by atoms with Crippen molar-refractivity contribution >= 4 is 27.3 Å². The Balaban J connectivity index is 3.17. The minimum absolute atomic E-state index is 0.158. The standard InChI is InChI=1S/C13H19NO4S2/c1-5-8-14(13(2,3)4)20(17,18)12-7-6-10(19-12)9-11(15)16/h5-7H,1,8-9H2,2-4H3,(H,15,16). The van der Waals surface area contributed by atoms with Gasteiger partial charge in [-0.3, -0.25) is 4.79 Å². The molecular formula is C13H19NO4S2. The fraction of sp³-hybridized carbons (Fsp3) is 0.462. The molecule has 0 fully saturated rings. The first-order chi connectivity index (χ1) is 9.09. The molecule has 5 nitrogen and oxygen atoms in total. The Morgan fingerprint density at radius 2 is 2.05 bits per heavy atom. The largest absolute Gasteiger partial charge is 0.481 e. The molecule has 0 aliphatic carbocycles. The minimum atomic E-state index is -3.65. The zero-order chi connectivity index (χ0) is 15.6. The first-order valence-corrected chi connectivity index (χ1v) is 8.29. The van der Waals surface area contributed by atoms with E-state index < -0.39 is 21.5 Å². The molecule has 1 aromatic heterocycles. The summed E-state index contributed by atoms with van der Waals surface area (Å²) < 4.78 is 26.7. The molecule has 7 heteroatoms. The Morgan fingerprint density at radius 3 is 2.50 bits per heavy atom. The van der Waals surface area contributed by atoms with Crippen molar-refractivity contribution in [2.75, 3.05) is 6.54 Å². The van der Waals surface area contributed by atoms with Crippen molar-refractivity contribution < 1.29 is 18.3 Å². The van der Waals surface area contributed by atoms with Gasteiger partial charge in [0.1, 0.15) is 4.21 Å². The molecule has 0 unspecified atom stereocenters. The molecule has 0 radical (unpaired) electrons. The van der Waals surface area contributed by atoms with Crippen LogP contribution in [0.4, 0.5) is 0 Å². The topological polar surface area (TPSA) is 74.7 Å². The third-order valence-electron chi connectivity index (χ3n) is 2.55. The maximum absolute atomic E-state index is 12.6.